The van der Waals surface area contributed by atoms with Gasteiger partial charge in [-0.1, -0.05) is 60.7 Å². The Morgan fingerprint density at radius 2 is 1.75 bits per heavy atom. The fourth-order valence-corrected chi connectivity index (χ4v) is 3.95. The highest BCUT2D eigenvalue weighted by molar-refractivity contribution is 5.99. The van der Waals surface area contributed by atoms with Crippen LogP contribution in [0.2, 0.25) is 0 Å². The number of hydrogen-bond acceptors (Lipinski definition) is 4. The Kier molecular flexibility index (Phi) is 8.08. The van der Waals surface area contributed by atoms with E-state index in [2.05, 4.69) is 20.4 Å². The lowest BCUT2D eigenvalue weighted by atomic mass is 10.0. The predicted molar refractivity (Wildman–Crippen MR) is 137 cm³/mol. The maximum Gasteiger partial charge on any atom is 0.407 e. The SMILES string of the molecule is CCOC(=O)N[C@@H](CC(=O)N/N=C\c1cn(Cc2ccc(F)cc2)c2ccccc12)c1ccccc1. The van der Waals surface area contributed by atoms with Gasteiger partial charge < -0.3 is 14.6 Å². The average molecular weight is 487 g/mol. The average Bonchev–Trinajstić information content (AvgIpc) is 3.23. The molecule has 1 heterocycles. The summed E-state index contributed by atoms with van der Waals surface area (Å²) in [7, 11) is 0. The van der Waals surface area contributed by atoms with Crippen molar-refractivity contribution in [3.05, 3.63) is 108 Å². The zero-order valence-corrected chi connectivity index (χ0v) is 19.9. The van der Waals surface area contributed by atoms with E-state index in [4.69, 9.17) is 4.74 Å². The van der Waals surface area contributed by atoms with Gasteiger partial charge in [0.05, 0.1) is 25.3 Å². The molecule has 1 atom stereocenters. The Balaban J connectivity index is 1.46. The normalized spacial score (nSPS) is 11.9. The molecular weight excluding hydrogens is 459 g/mol. The lowest BCUT2D eigenvalue weighted by Crippen LogP contribution is -2.33. The van der Waals surface area contributed by atoms with E-state index < -0.39 is 12.1 Å². The summed E-state index contributed by atoms with van der Waals surface area (Å²) in [5.41, 5.74) is 6.14. The number of para-hydroxylation sites is 1. The Morgan fingerprint density at radius 1 is 1.03 bits per heavy atom. The van der Waals surface area contributed by atoms with Crippen LogP contribution in [0, 0.1) is 5.82 Å². The van der Waals surface area contributed by atoms with Gasteiger partial charge in [-0.05, 0) is 36.2 Å². The van der Waals surface area contributed by atoms with Crippen LogP contribution in [0.3, 0.4) is 0 Å². The number of alkyl carbamates (subject to hydrolysis) is 1. The molecule has 3 aromatic carbocycles. The Hall–Kier alpha value is -4.46. The molecule has 7 nitrogen and oxygen atoms in total. The number of nitrogens with zero attached hydrogens (tertiary/aromatic N) is 2. The monoisotopic (exact) mass is 486 g/mol. The van der Waals surface area contributed by atoms with Gasteiger partial charge in [0, 0.05) is 29.2 Å². The minimum Gasteiger partial charge on any atom is -0.450 e. The van der Waals surface area contributed by atoms with Gasteiger partial charge in [-0.25, -0.2) is 14.6 Å². The fraction of sp³-hybridized carbons (Fsp3) is 0.179. The molecule has 2 N–H and O–H groups in total. The van der Waals surface area contributed by atoms with Crippen LogP contribution >= 0.6 is 0 Å². The molecule has 1 aromatic heterocycles. The molecule has 0 unspecified atom stereocenters. The molecule has 0 radical (unpaired) electrons. The molecule has 0 saturated carbocycles. The standard InChI is InChI=1S/C28H27FN4O3/c1-2-36-28(35)31-25(21-8-4-3-5-9-21)16-27(34)32-30-17-22-19-33(26-11-7-6-10-24(22)26)18-20-12-14-23(29)15-13-20/h3-15,17,19,25H,2,16,18H2,1H3,(H,31,35)(H,32,34)/b30-17-/t25-/m0/s1. The van der Waals surface area contributed by atoms with Gasteiger partial charge in [-0.3, -0.25) is 4.79 Å². The number of hydrogen-bond donors (Lipinski definition) is 2. The predicted octanol–water partition coefficient (Wildman–Crippen LogP) is 5.16. The third-order valence-electron chi connectivity index (χ3n) is 5.64. The first-order valence-corrected chi connectivity index (χ1v) is 11.7. The molecular formula is C28H27FN4O3. The van der Waals surface area contributed by atoms with Crippen LogP contribution in [0.5, 0.6) is 0 Å². The van der Waals surface area contributed by atoms with Crippen molar-refractivity contribution in [2.24, 2.45) is 5.10 Å². The second-order valence-electron chi connectivity index (χ2n) is 8.18. The molecule has 0 aliphatic heterocycles. The second-order valence-corrected chi connectivity index (χ2v) is 8.18. The summed E-state index contributed by atoms with van der Waals surface area (Å²) in [4.78, 5) is 24.6. The first kappa shape index (κ1) is 24.7. The van der Waals surface area contributed by atoms with E-state index in [1.807, 2.05) is 60.8 Å². The van der Waals surface area contributed by atoms with Gasteiger partial charge in [0.15, 0.2) is 0 Å². The van der Waals surface area contributed by atoms with Gasteiger partial charge in [-0.2, -0.15) is 5.10 Å². The van der Waals surface area contributed by atoms with Crippen LogP contribution in [0.1, 0.15) is 36.1 Å². The zero-order valence-electron chi connectivity index (χ0n) is 19.9. The highest BCUT2D eigenvalue weighted by Crippen LogP contribution is 2.21. The van der Waals surface area contributed by atoms with Crippen molar-refractivity contribution in [3.63, 3.8) is 0 Å². The molecule has 0 fully saturated rings. The van der Waals surface area contributed by atoms with Crippen LogP contribution in [-0.4, -0.2) is 29.4 Å². The van der Waals surface area contributed by atoms with Crippen molar-refractivity contribution in [3.8, 4) is 0 Å². The smallest absolute Gasteiger partial charge is 0.407 e. The lowest BCUT2D eigenvalue weighted by Gasteiger charge is -2.18. The molecule has 0 aliphatic rings. The number of rotatable bonds is 9. The van der Waals surface area contributed by atoms with Gasteiger partial charge in [-0.15, -0.1) is 0 Å². The van der Waals surface area contributed by atoms with Crippen molar-refractivity contribution < 1.29 is 18.7 Å². The minimum atomic E-state index is -0.586. The maximum absolute atomic E-state index is 13.3. The summed E-state index contributed by atoms with van der Waals surface area (Å²) in [6.45, 7) is 2.52. The summed E-state index contributed by atoms with van der Waals surface area (Å²) >= 11 is 0. The van der Waals surface area contributed by atoms with Crippen molar-refractivity contribution in [2.75, 3.05) is 6.61 Å². The van der Waals surface area contributed by atoms with E-state index >= 15 is 0 Å². The summed E-state index contributed by atoms with van der Waals surface area (Å²) in [6.07, 6.45) is 2.94. The van der Waals surface area contributed by atoms with E-state index in [1.54, 1.807) is 25.3 Å². The van der Waals surface area contributed by atoms with E-state index in [1.165, 1.54) is 12.1 Å². The highest BCUT2D eigenvalue weighted by atomic mass is 19.1. The highest BCUT2D eigenvalue weighted by Gasteiger charge is 2.19. The molecule has 2 amide bonds. The maximum atomic E-state index is 13.3. The molecule has 0 spiro atoms. The molecule has 4 aromatic rings. The van der Waals surface area contributed by atoms with Crippen LogP contribution in [0.4, 0.5) is 9.18 Å². The number of halogens is 1. The third-order valence-corrected chi connectivity index (χ3v) is 5.64. The number of hydrazone groups is 1. The second kappa shape index (κ2) is 11.8. The molecule has 0 bridgehead atoms. The van der Waals surface area contributed by atoms with Gasteiger partial charge in [0.2, 0.25) is 5.91 Å². The minimum absolute atomic E-state index is 0.00745. The first-order valence-electron chi connectivity index (χ1n) is 11.7. The lowest BCUT2D eigenvalue weighted by molar-refractivity contribution is -0.121. The number of benzene rings is 3. The van der Waals surface area contributed by atoms with E-state index in [-0.39, 0.29) is 24.8 Å². The molecule has 184 valence electrons. The van der Waals surface area contributed by atoms with E-state index in [0.29, 0.717) is 6.54 Å². The third kappa shape index (κ3) is 6.35. The quantitative estimate of drug-likeness (QED) is 0.253. The zero-order chi connectivity index (χ0) is 25.3. The van der Waals surface area contributed by atoms with Crippen LogP contribution in [0.25, 0.3) is 10.9 Å². The largest absolute Gasteiger partial charge is 0.450 e. The first-order chi connectivity index (χ1) is 17.5. The van der Waals surface area contributed by atoms with Gasteiger partial charge >= 0.3 is 6.09 Å². The topological polar surface area (TPSA) is 84.7 Å². The number of carbonyl (C=O) groups excluding carboxylic acids is 2. The summed E-state index contributed by atoms with van der Waals surface area (Å²) < 4.78 is 20.3. The van der Waals surface area contributed by atoms with E-state index in [0.717, 1.165) is 27.6 Å². The Labute approximate surface area is 208 Å². The van der Waals surface area contributed by atoms with Crippen molar-refractivity contribution in [1.82, 2.24) is 15.3 Å². The number of fused-ring (bicyclic) bond motifs is 1. The van der Waals surface area contributed by atoms with Crippen LogP contribution in [0.15, 0.2) is 90.2 Å². The summed E-state index contributed by atoms with van der Waals surface area (Å²) in [6, 6.07) is 22.9. The molecule has 8 heteroatoms. The number of aromatic nitrogens is 1. The van der Waals surface area contributed by atoms with Crippen molar-refractivity contribution in [2.45, 2.75) is 25.9 Å². The van der Waals surface area contributed by atoms with Crippen molar-refractivity contribution >= 4 is 29.1 Å². The van der Waals surface area contributed by atoms with Crippen molar-refractivity contribution in [1.29, 1.82) is 0 Å². The van der Waals surface area contributed by atoms with E-state index in [9.17, 15) is 14.0 Å². The summed E-state index contributed by atoms with van der Waals surface area (Å²) in [5.74, 6) is -0.626. The van der Waals surface area contributed by atoms with Gasteiger partial charge in [0.1, 0.15) is 5.82 Å². The fourth-order valence-electron chi connectivity index (χ4n) is 3.95. The number of ether oxygens (including phenoxy) is 1. The molecule has 0 aliphatic carbocycles. The van der Waals surface area contributed by atoms with Crippen LogP contribution < -0.4 is 10.7 Å². The number of amides is 2. The molecule has 36 heavy (non-hydrogen) atoms. The number of carbonyl (C=O) groups is 2. The van der Waals surface area contributed by atoms with Gasteiger partial charge in [0.25, 0.3) is 0 Å². The number of nitrogens with one attached hydrogen (secondary N) is 2. The molecule has 0 saturated heterocycles. The molecule has 4 rings (SSSR count). The Morgan fingerprint density at radius 3 is 2.50 bits per heavy atom. The Bertz CT molecular complexity index is 1350. The summed E-state index contributed by atoms with van der Waals surface area (Å²) in [5, 5.41) is 7.86. The van der Waals surface area contributed by atoms with Crippen LogP contribution in [-0.2, 0) is 16.1 Å².